The highest BCUT2D eigenvalue weighted by Gasteiger charge is 2.25. The predicted octanol–water partition coefficient (Wildman–Crippen LogP) is -1.52. The van der Waals surface area contributed by atoms with E-state index in [1.54, 1.807) is 0 Å². The number of aliphatic carboxylic acids is 1. The predicted molar refractivity (Wildman–Crippen MR) is 69.7 cm³/mol. The van der Waals surface area contributed by atoms with Gasteiger partial charge in [-0.2, -0.15) is 0 Å². The zero-order valence-corrected chi connectivity index (χ0v) is 11.5. The number of rotatable bonds is 8. The van der Waals surface area contributed by atoms with Gasteiger partial charge in [0.1, 0.15) is 12.6 Å². The van der Waals surface area contributed by atoms with Crippen molar-refractivity contribution in [3.8, 4) is 0 Å². The Morgan fingerprint density at radius 3 is 2.30 bits per heavy atom. The number of nitrogens with zero attached hydrogens (tertiary/aromatic N) is 1. The first kappa shape index (κ1) is 17.7. The minimum atomic E-state index is -1.41. The fourth-order valence-corrected chi connectivity index (χ4v) is 1.42. The van der Waals surface area contributed by atoms with Crippen molar-refractivity contribution < 1.29 is 24.3 Å². The van der Waals surface area contributed by atoms with Crippen LogP contribution in [0.3, 0.4) is 0 Å². The van der Waals surface area contributed by atoms with Gasteiger partial charge in [-0.05, 0) is 6.42 Å². The molecule has 0 radical (unpaired) electrons. The van der Waals surface area contributed by atoms with E-state index in [0.717, 1.165) is 4.90 Å². The molecule has 114 valence electrons. The lowest BCUT2D eigenvalue weighted by molar-refractivity contribution is -0.140. The van der Waals surface area contributed by atoms with E-state index in [1.165, 1.54) is 7.05 Å². The summed E-state index contributed by atoms with van der Waals surface area (Å²) in [6.45, 7) is 1.89. The normalized spacial score (nSPS) is 11.3. The number of likely N-dealkylation sites (N-methyl/N-ethyl adjacent to an activating group) is 1. The lowest BCUT2D eigenvalue weighted by Crippen LogP contribution is -2.51. The van der Waals surface area contributed by atoms with Crippen LogP contribution in [0.25, 0.3) is 0 Å². The van der Waals surface area contributed by atoms with E-state index in [4.69, 9.17) is 10.8 Å². The monoisotopic (exact) mass is 288 g/mol. The number of carboxylic acid groups (broad SMARTS) is 1. The Balaban J connectivity index is 4.74. The van der Waals surface area contributed by atoms with Gasteiger partial charge in [-0.3, -0.25) is 9.59 Å². The van der Waals surface area contributed by atoms with Gasteiger partial charge in [-0.15, -0.1) is 0 Å². The van der Waals surface area contributed by atoms with Gasteiger partial charge >= 0.3 is 12.0 Å². The molecule has 0 fully saturated rings. The summed E-state index contributed by atoms with van der Waals surface area (Å²) < 4.78 is 0. The summed E-state index contributed by atoms with van der Waals surface area (Å²) in [5, 5.41) is 13.4. The van der Waals surface area contributed by atoms with Crippen LogP contribution in [0.5, 0.6) is 0 Å². The number of hydrogen-bond donors (Lipinski definition) is 4. The van der Waals surface area contributed by atoms with Crippen molar-refractivity contribution in [3.05, 3.63) is 0 Å². The Morgan fingerprint density at radius 2 is 1.90 bits per heavy atom. The molecule has 0 heterocycles. The second-order valence-electron chi connectivity index (χ2n) is 4.11. The Morgan fingerprint density at radius 1 is 1.30 bits per heavy atom. The smallest absolute Gasteiger partial charge is 0.326 e. The van der Waals surface area contributed by atoms with Crippen molar-refractivity contribution in [2.45, 2.75) is 25.8 Å². The first-order valence-corrected chi connectivity index (χ1v) is 6.08. The molecule has 0 aliphatic rings. The molecule has 0 aromatic rings. The summed E-state index contributed by atoms with van der Waals surface area (Å²) in [5.74, 6) is -2.59. The van der Waals surface area contributed by atoms with Crippen LogP contribution in [0, 0.1) is 0 Å². The summed E-state index contributed by atoms with van der Waals surface area (Å²) in [4.78, 5) is 46.0. The van der Waals surface area contributed by atoms with Crippen LogP contribution < -0.4 is 16.4 Å². The van der Waals surface area contributed by atoms with E-state index >= 15 is 0 Å². The fourth-order valence-electron chi connectivity index (χ4n) is 1.42. The van der Waals surface area contributed by atoms with Crippen LogP contribution in [0.4, 0.5) is 4.79 Å². The van der Waals surface area contributed by atoms with Crippen LogP contribution in [0.1, 0.15) is 19.8 Å². The standard InChI is InChI=1S/C11H20N4O5/c1-3-4-15(6-9(17)13-2)11(20)14-7(10(18)19)5-8(12)16/h7H,3-6H2,1-2H3,(H2,12,16)(H,13,17)(H,14,20)(H,18,19). The number of carbonyl (C=O) groups excluding carboxylic acids is 3. The van der Waals surface area contributed by atoms with E-state index in [0.29, 0.717) is 6.42 Å². The lowest BCUT2D eigenvalue weighted by atomic mass is 10.2. The maximum absolute atomic E-state index is 11.9. The molecule has 9 heteroatoms. The van der Waals surface area contributed by atoms with Crippen LogP contribution >= 0.6 is 0 Å². The third-order valence-corrected chi connectivity index (χ3v) is 2.40. The van der Waals surface area contributed by atoms with Crippen LogP contribution in [0.2, 0.25) is 0 Å². The molecule has 0 aliphatic carbocycles. The molecular weight excluding hydrogens is 268 g/mol. The van der Waals surface area contributed by atoms with Crippen molar-refractivity contribution >= 4 is 23.8 Å². The minimum Gasteiger partial charge on any atom is -0.480 e. The zero-order valence-electron chi connectivity index (χ0n) is 11.5. The average Bonchev–Trinajstić information content (AvgIpc) is 2.36. The number of nitrogens with two attached hydrogens (primary N) is 1. The Hall–Kier alpha value is -2.32. The third-order valence-electron chi connectivity index (χ3n) is 2.40. The van der Waals surface area contributed by atoms with Gasteiger partial charge in [-0.25, -0.2) is 9.59 Å². The molecule has 5 N–H and O–H groups in total. The molecule has 20 heavy (non-hydrogen) atoms. The van der Waals surface area contributed by atoms with Gasteiger partial charge in [0.2, 0.25) is 11.8 Å². The highest BCUT2D eigenvalue weighted by molar-refractivity contribution is 5.89. The largest absolute Gasteiger partial charge is 0.480 e. The Bertz CT molecular complexity index is 385. The van der Waals surface area contributed by atoms with E-state index in [2.05, 4.69) is 10.6 Å². The van der Waals surface area contributed by atoms with Crippen molar-refractivity contribution in [2.75, 3.05) is 20.1 Å². The Kier molecular flexibility index (Phi) is 7.71. The highest BCUT2D eigenvalue weighted by Crippen LogP contribution is 1.97. The molecule has 0 aromatic carbocycles. The first-order chi connectivity index (χ1) is 9.31. The minimum absolute atomic E-state index is 0.195. The second-order valence-corrected chi connectivity index (χ2v) is 4.11. The van der Waals surface area contributed by atoms with E-state index in [1.807, 2.05) is 6.92 Å². The summed E-state index contributed by atoms with van der Waals surface area (Å²) in [5.41, 5.74) is 4.91. The number of carboxylic acids is 1. The third kappa shape index (κ3) is 6.57. The topological polar surface area (TPSA) is 142 Å². The fraction of sp³-hybridized carbons (Fsp3) is 0.636. The SMILES string of the molecule is CCCN(CC(=O)NC)C(=O)NC(CC(N)=O)C(=O)O. The molecule has 0 rings (SSSR count). The number of carbonyl (C=O) groups is 4. The molecule has 0 bridgehead atoms. The van der Waals surface area contributed by atoms with E-state index in [-0.39, 0.29) is 19.0 Å². The number of nitrogens with one attached hydrogen (secondary N) is 2. The summed E-state index contributed by atoms with van der Waals surface area (Å²) in [6, 6.07) is -2.15. The number of urea groups is 1. The summed E-state index contributed by atoms with van der Waals surface area (Å²) in [7, 11) is 1.43. The average molecular weight is 288 g/mol. The van der Waals surface area contributed by atoms with Gasteiger partial charge in [0, 0.05) is 13.6 Å². The van der Waals surface area contributed by atoms with Gasteiger partial charge in [0.25, 0.3) is 0 Å². The molecular formula is C11H20N4O5. The van der Waals surface area contributed by atoms with Crippen molar-refractivity contribution in [1.29, 1.82) is 0 Å². The van der Waals surface area contributed by atoms with Crippen LogP contribution in [-0.2, 0) is 14.4 Å². The summed E-state index contributed by atoms with van der Waals surface area (Å²) >= 11 is 0. The van der Waals surface area contributed by atoms with E-state index < -0.39 is 30.4 Å². The van der Waals surface area contributed by atoms with Gasteiger partial charge in [0.15, 0.2) is 0 Å². The Labute approximate surface area is 116 Å². The molecule has 0 saturated heterocycles. The summed E-state index contributed by atoms with van der Waals surface area (Å²) in [6.07, 6.45) is 0.0823. The molecule has 1 unspecified atom stereocenters. The molecule has 4 amide bonds. The maximum Gasteiger partial charge on any atom is 0.326 e. The van der Waals surface area contributed by atoms with Crippen LogP contribution in [0.15, 0.2) is 0 Å². The second kappa shape index (κ2) is 8.73. The first-order valence-electron chi connectivity index (χ1n) is 6.08. The molecule has 1 atom stereocenters. The lowest BCUT2D eigenvalue weighted by Gasteiger charge is -2.23. The molecule has 0 spiro atoms. The van der Waals surface area contributed by atoms with Gasteiger partial charge in [-0.1, -0.05) is 6.92 Å². The molecule has 0 aromatic heterocycles. The molecule has 9 nitrogen and oxygen atoms in total. The molecule has 0 saturated carbocycles. The number of primary amides is 1. The van der Waals surface area contributed by atoms with Crippen LogP contribution in [-0.4, -0.2) is 60.0 Å². The van der Waals surface area contributed by atoms with E-state index in [9.17, 15) is 19.2 Å². The maximum atomic E-state index is 11.9. The zero-order chi connectivity index (χ0) is 15.7. The number of amides is 4. The van der Waals surface area contributed by atoms with Crippen molar-refractivity contribution in [3.63, 3.8) is 0 Å². The van der Waals surface area contributed by atoms with Gasteiger partial charge in [0.05, 0.1) is 6.42 Å². The van der Waals surface area contributed by atoms with Crippen molar-refractivity contribution in [2.24, 2.45) is 5.73 Å². The molecule has 0 aliphatic heterocycles. The van der Waals surface area contributed by atoms with Crippen molar-refractivity contribution in [1.82, 2.24) is 15.5 Å². The quantitative estimate of drug-likeness (QED) is 0.429. The number of hydrogen-bond acceptors (Lipinski definition) is 4. The van der Waals surface area contributed by atoms with Gasteiger partial charge < -0.3 is 26.4 Å². The highest BCUT2D eigenvalue weighted by atomic mass is 16.4.